The van der Waals surface area contributed by atoms with Crippen molar-refractivity contribution < 1.29 is 4.79 Å². The van der Waals surface area contributed by atoms with E-state index in [1.54, 1.807) is 6.20 Å². The molecule has 0 bridgehead atoms. The van der Waals surface area contributed by atoms with Crippen molar-refractivity contribution in [3.63, 3.8) is 0 Å². The molecule has 86 valence electrons. The summed E-state index contributed by atoms with van der Waals surface area (Å²) in [5, 5.41) is 6.14. The van der Waals surface area contributed by atoms with Gasteiger partial charge in [-0.2, -0.15) is 0 Å². The molecule has 1 unspecified atom stereocenters. The third-order valence-electron chi connectivity index (χ3n) is 3.31. The lowest BCUT2D eigenvalue weighted by Gasteiger charge is -2.24. The highest BCUT2D eigenvalue weighted by atomic mass is 16.2. The average Bonchev–Trinajstić information content (AvgIpc) is 2.80. The Bertz CT molecular complexity index is 358. The molecule has 1 amide bonds. The molecule has 4 heteroatoms. The van der Waals surface area contributed by atoms with Crippen molar-refractivity contribution in [3.05, 3.63) is 24.4 Å². The zero-order valence-electron chi connectivity index (χ0n) is 9.49. The number of nitrogens with zero attached hydrogens (tertiary/aromatic N) is 1. The fourth-order valence-corrected chi connectivity index (χ4v) is 2.09. The second kappa shape index (κ2) is 4.61. The number of carbonyl (C=O) groups is 1. The largest absolute Gasteiger partial charge is 0.316 e. The molecule has 4 nitrogen and oxygen atoms in total. The molecule has 0 aromatic carbocycles. The molecule has 0 saturated carbocycles. The molecule has 1 aliphatic heterocycles. The van der Waals surface area contributed by atoms with Gasteiger partial charge in [-0.3, -0.25) is 4.79 Å². The molecule has 1 aromatic rings. The van der Waals surface area contributed by atoms with Gasteiger partial charge in [-0.15, -0.1) is 0 Å². The Hall–Kier alpha value is -1.42. The van der Waals surface area contributed by atoms with E-state index in [1.165, 1.54) is 0 Å². The van der Waals surface area contributed by atoms with Crippen molar-refractivity contribution >= 4 is 11.7 Å². The first-order chi connectivity index (χ1) is 7.77. The van der Waals surface area contributed by atoms with Gasteiger partial charge in [0.05, 0.1) is 5.41 Å². The molecule has 1 fully saturated rings. The summed E-state index contributed by atoms with van der Waals surface area (Å²) in [5.41, 5.74) is -0.252. The van der Waals surface area contributed by atoms with Crippen molar-refractivity contribution in [1.29, 1.82) is 0 Å². The molecule has 16 heavy (non-hydrogen) atoms. The maximum absolute atomic E-state index is 12.2. The van der Waals surface area contributed by atoms with Gasteiger partial charge in [0.2, 0.25) is 5.91 Å². The Morgan fingerprint density at radius 1 is 1.62 bits per heavy atom. The average molecular weight is 219 g/mol. The van der Waals surface area contributed by atoms with Gasteiger partial charge in [-0.1, -0.05) is 13.0 Å². The van der Waals surface area contributed by atoms with Crippen LogP contribution in [0.25, 0.3) is 0 Å². The van der Waals surface area contributed by atoms with Crippen LogP contribution in [0.5, 0.6) is 0 Å². The highest BCUT2D eigenvalue weighted by Gasteiger charge is 2.39. The van der Waals surface area contributed by atoms with E-state index in [1.807, 2.05) is 18.2 Å². The quantitative estimate of drug-likeness (QED) is 0.808. The van der Waals surface area contributed by atoms with Gasteiger partial charge in [0.1, 0.15) is 5.82 Å². The molecule has 1 atom stereocenters. The highest BCUT2D eigenvalue weighted by molar-refractivity contribution is 5.94. The summed E-state index contributed by atoms with van der Waals surface area (Å²) in [6.07, 6.45) is 3.45. The molecule has 0 radical (unpaired) electrons. The lowest BCUT2D eigenvalue weighted by atomic mass is 9.83. The summed E-state index contributed by atoms with van der Waals surface area (Å²) in [4.78, 5) is 16.3. The van der Waals surface area contributed by atoms with Crippen LogP contribution in [-0.2, 0) is 4.79 Å². The summed E-state index contributed by atoms with van der Waals surface area (Å²) < 4.78 is 0. The second-order valence-electron chi connectivity index (χ2n) is 4.23. The van der Waals surface area contributed by atoms with Crippen molar-refractivity contribution in [2.45, 2.75) is 19.8 Å². The van der Waals surface area contributed by atoms with Crippen LogP contribution < -0.4 is 10.6 Å². The van der Waals surface area contributed by atoms with Gasteiger partial charge in [0.25, 0.3) is 0 Å². The van der Waals surface area contributed by atoms with E-state index in [2.05, 4.69) is 22.5 Å². The van der Waals surface area contributed by atoms with Crippen molar-refractivity contribution in [1.82, 2.24) is 10.3 Å². The minimum Gasteiger partial charge on any atom is -0.316 e. The zero-order valence-corrected chi connectivity index (χ0v) is 9.49. The van der Waals surface area contributed by atoms with E-state index in [0.29, 0.717) is 5.82 Å². The first-order valence-electron chi connectivity index (χ1n) is 5.70. The number of hydrogen-bond donors (Lipinski definition) is 2. The Morgan fingerprint density at radius 3 is 3.06 bits per heavy atom. The third-order valence-corrected chi connectivity index (χ3v) is 3.31. The molecular weight excluding hydrogens is 202 g/mol. The van der Waals surface area contributed by atoms with Gasteiger partial charge in [-0.25, -0.2) is 4.98 Å². The predicted molar refractivity (Wildman–Crippen MR) is 63.1 cm³/mol. The van der Waals surface area contributed by atoms with Crippen LogP contribution in [0.15, 0.2) is 24.4 Å². The Labute approximate surface area is 95.5 Å². The minimum absolute atomic E-state index is 0.0821. The van der Waals surface area contributed by atoms with Crippen LogP contribution in [0.4, 0.5) is 5.82 Å². The van der Waals surface area contributed by atoms with Gasteiger partial charge in [0.15, 0.2) is 0 Å². The normalized spacial score (nSPS) is 24.3. The number of rotatable bonds is 3. The van der Waals surface area contributed by atoms with Gasteiger partial charge < -0.3 is 10.6 Å². The minimum atomic E-state index is -0.252. The van der Waals surface area contributed by atoms with Crippen LogP contribution in [-0.4, -0.2) is 24.0 Å². The fourth-order valence-electron chi connectivity index (χ4n) is 2.09. The Balaban J connectivity index is 2.07. The van der Waals surface area contributed by atoms with E-state index < -0.39 is 0 Å². The maximum atomic E-state index is 12.2. The number of nitrogens with one attached hydrogen (secondary N) is 2. The van der Waals surface area contributed by atoms with E-state index in [9.17, 15) is 4.79 Å². The smallest absolute Gasteiger partial charge is 0.233 e. The van der Waals surface area contributed by atoms with Crippen LogP contribution in [0.1, 0.15) is 19.8 Å². The molecule has 1 saturated heterocycles. The van der Waals surface area contributed by atoms with Gasteiger partial charge in [0, 0.05) is 12.7 Å². The van der Waals surface area contributed by atoms with Gasteiger partial charge in [-0.05, 0) is 31.5 Å². The van der Waals surface area contributed by atoms with Gasteiger partial charge >= 0.3 is 0 Å². The highest BCUT2D eigenvalue weighted by Crippen LogP contribution is 2.30. The summed E-state index contributed by atoms with van der Waals surface area (Å²) in [6, 6.07) is 5.51. The number of pyridine rings is 1. The van der Waals surface area contributed by atoms with Crippen LogP contribution in [0.2, 0.25) is 0 Å². The number of anilines is 1. The van der Waals surface area contributed by atoms with Crippen molar-refractivity contribution in [3.8, 4) is 0 Å². The van der Waals surface area contributed by atoms with Crippen LogP contribution in [0.3, 0.4) is 0 Å². The lowest BCUT2D eigenvalue weighted by molar-refractivity contribution is -0.124. The standard InChI is InChI=1S/C12H17N3O/c1-2-12(6-8-13-9-12)11(16)15-10-5-3-4-7-14-10/h3-5,7,13H,2,6,8-9H2,1H3,(H,14,15,16). The van der Waals surface area contributed by atoms with E-state index in [-0.39, 0.29) is 11.3 Å². The first-order valence-corrected chi connectivity index (χ1v) is 5.70. The molecule has 2 N–H and O–H groups in total. The Kier molecular flexibility index (Phi) is 3.19. The molecule has 0 aliphatic carbocycles. The second-order valence-corrected chi connectivity index (χ2v) is 4.23. The van der Waals surface area contributed by atoms with Crippen LogP contribution in [0, 0.1) is 5.41 Å². The summed E-state index contributed by atoms with van der Waals surface area (Å²) in [7, 11) is 0. The lowest BCUT2D eigenvalue weighted by Crippen LogP contribution is -2.37. The maximum Gasteiger partial charge on any atom is 0.233 e. The van der Waals surface area contributed by atoms with E-state index in [0.717, 1.165) is 25.9 Å². The first kappa shape index (κ1) is 11.1. The summed E-state index contributed by atoms with van der Waals surface area (Å²) >= 11 is 0. The van der Waals surface area contributed by atoms with Crippen LogP contribution >= 0.6 is 0 Å². The third kappa shape index (κ3) is 2.07. The number of amides is 1. The predicted octanol–water partition coefficient (Wildman–Crippen LogP) is 1.41. The number of hydrogen-bond acceptors (Lipinski definition) is 3. The Morgan fingerprint density at radius 2 is 2.50 bits per heavy atom. The number of aromatic nitrogens is 1. The van der Waals surface area contributed by atoms with Crippen molar-refractivity contribution in [2.24, 2.45) is 5.41 Å². The molecular formula is C12H17N3O. The molecule has 1 aliphatic rings. The molecule has 2 rings (SSSR count). The SMILES string of the molecule is CCC1(C(=O)Nc2ccccn2)CCNC1. The summed E-state index contributed by atoms with van der Waals surface area (Å²) in [6.45, 7) is 3.75. The molecule has 2 heterocycles. The number of carbonyl (C=O) groups excluding carboxylic acids is 1. The summed E-state index contributed by atoms with van der Waals surface area (Å²) in [5.74, 6) is 0.714. The monoisotopic (exact) mass is 219 g/mol. The fraction of sp³-hybridized carbons (Fsp3) is 0.500. The zero-order chi connectivity index (χ0) is 11.4. The topological polar surface area (TPSA) is 54.0 Å². The van der Waals surface area contributed by atoms with E-state index >= 15 is 0 Å². The van der Waals surface area contributed by atoms with Crippen molar-refractivity contribution in [2.75, 3.05) is 18.4 Å². The van der Waals surface area contributed by atoms with E-state index in [4.69, 9.17) is 0 Å². The molecule has 1 aromatic heterocycles. The molecule has 0 spiro atoms.